The van der Waals surface area contributed by atoms with Crippen LogP contribution >= 0.6 is 0 Å². The summed E-state index contributed by atoms with van der Waals surface area (Å²) in [7, 11) is 1.93. The number of amides is 1. The Hall–Kier alpha value is -2.56. The van der Waals surface area contributed by atoms with Crippen molar-refractivity contribution in [2.24, 2.45) is 7.05 Å². The fraction of sp³-hybridized carbons (Fsp3) is 0.333. The van der Waals surface area contributed by atoms with Gasteiger partial charge in [0.05, 0.1) is 12.2 Å². The lowest BCUT2D eigenvalue weighted by atomic mass is 10.1. The van der Waals surface area contributed by atoms with Crippen molar-refractivity contribution in [3.05, 3.63) is 46.8 Å². The molecule has 0 spiro atoms. The molecule has 120 valence electrons. The molecule has 0 unspecified atom stereocenters. The minimum Gasteiger partial charge on any atom is -0.482 e. The van der Waals surface area contributed by atoms with Crippen molar-refractivity contribution in [2.75, 3.05) is 18.1 Å². The Morgan fingerprint density at radius 1 is 1.22 bits per heavy atom. The van der Waals surface area contributed by atoms with Crippen LogP contribution in [0.25, 0.3) is 0 Å². The second-order valence-corrected chi connectivity index (χ2v) is 6.01. The minimum absolute atomic E-state index is 0.0307. The first-order valence-corrected chi connectivity index (χ1v) is 7.58. The molecule has 0 fully saturated rings. The van der Waals surface area contributed by atoms with E-state index in [1.54, 1.807) is 0 Å². The normalized spacial score (nSPS) is 13.7. The number of carbonyl (C=O) groups excluding carboxylic acids is 2. The van der Waals surface area contributed by atoms with Crippen LogP contribution in [0.4, 0.5) is 5.69 Å². The van der Waals surface area contributed by atoms with Gasteiger partial charge in [0, 0.05) is 24.0 Å². The summed E-state index contributed by atoms with van der Waals surface area (Å²) in [6, 6.07) is 7.52. The van der Waals surface area contributed by atoms with Gasteiger partial charge in [-0.15, -0.1) is 0 Å². The van der Waals surface area contributed by atoms with Crippen LogP contribution < -0.4 is 9.64 Å². The predicted octanol–water partition coefficient (Wildman–Crippen LogP) is 2.56. The van der Waals surface area contributed by atoms with Crippen molar-refractivity contribution >= 4 is 17.4 Å². The molecule has 2 aromatic rings. The monoisotopic (exact) mass is 312 g/mol. The summed E-state index contributed by atoms with van der Waals surface area (Å²) in [5, 5.41) is 0. The molecule has 1 aromatic carbocycles. The SMILES string of the molecule is Cc1ccc2c(c1)N(CC(=O)c1cc(C)n(C)c1C)C(=O)CO2. The van der Waals surface area contributed by atoms with Gasteiger partial charge < -0.3 is 9.30 Å². The van der Waals surface area contributed by atoms with Crippen molar-refractivity contribution in [1.29, 1.82) is 0 Å². The Morgan fingerprint density at radius 2 is 1.96 bits per heavy atom. The smallest absolute Gasteiger partial charge is 0.265 e. The lowest BCUT2D eigenvalue weighted by molar-refractivity contribution is -0.121. The zero-order valence-corrected chi connectivity index (χ0v) is 13.8. The lowest BCUT2D eigenvalue weighted by Crippen LogP contribution is -2.42. The Labute approximate surface area is 135 Å². The molecule has 2 heterocycles. The largest absolute Gasteiger partial charge is 0.482 e. The number of Topliss-reactive ketones (excluding diaryl/α,β-unsaturated/α-hetero) is 1. The first kappa shape index (κ1) is 15.3. The van der Waals surface area contributed by atoms with Crippen LogP contribution in [0, 0.1) is 20.8 Å². The summed E-state index contributed by atoms with van der Waals surface area (Å²) in [6.45, 7) is 5.82. The highest BCUT2D eigenvalue weighted by atomic mass is 16.5. The number of nitrogens with zero attached hydrogens (tertiary/aromatic N) is 2. The van der Waals surface area contributed by atoms with E-state index < -0.39 is 0 Å². The van der Waals surface area contributed by atoms with Gasteiger partial charge in [-0.2, -0.15) is 0 Å². The Kier molecular flexibility index (Phi) is 3.72. The fourth-order valence-corrected chi connectivity index (χ4v) is 2.85. The van der Waals surface area contributed by atoms with Crippen LogP contribution in [0.3, 0.4) is 0 Å². The third-order valence-corrected chi connectivity index (χ3v) is 4.43. The highest BCUT2D eigenvalue weighted by Crippen LogP contribution is 2.33. The van der Waals surface area contributed by atoms with Crippen molar-refractivity contribution in [3.63, 3.8) is 0 Å². The fourth-order valence-electron chi connectivity index (χ4n) is 2.85. The standard InChI is InChI=1S/C18H20N2O3/c1-11-5-6-17-15(7-11)20(18(22)10-23-17)9-16(21)14-8-12(2)19(4)13(14)3/h5-8H,9-10H2,1-4H3. The molecule has 3 rings (SSSR count). The molecular formula is C18H20N2O3. The van der Waals surface area contributed by atoms with E-state index in [4.69, 9.17) is 4.74 Å². The molecule has 1 aliphatic rings. The molecule has 0 saturated heterocycles. The van der Waals surface area contributed by atoms with E-state index in [9.17, 15) is 9.59 Å². The zero-order valence-electron chi connectivity index (χ0n) is 13.8. The second kappa shape index (κ2) is 5.57. The number of fused-ring (bicyclic) bond motifs is 1. The molecule has 0 radical (unpaired) electrons. The van der Waals surface area contributed by atoms with E-state index >= 15 is 0 Å². The first-order valence-electron chi connectivity index (χ1n) is 7.58. The summed E-state index contributed by atoms with van der Waals surface area (Å²) < 4.78 is 7.43. The third-order valence-electron chi connectivity index (χ3n) is 4.43. The van der Waals surface area contributed by atoms with E-state index in [0.29, 0.717) is 17.0 Å². The van der Waals surface area contributed by atoms with Crippen LogP contribution in [0.1, 0.15) is 27.3 Å². The number of aryl methyl sites for hydroxylation is 2. The van der Waals surface area contributed by atoms with Gasteiger partial charge in [0.2, 0.25) is 0 Å². The van der Waals surface area contributed by atoms with E-state index in [1.165, 1.54) is 4.90 Å². The third kappa shape index (κ3) is 2.63. The van der Waals surface area contributed by atoms with Gasteiger partial charge in [-0.25, -0.2) is 0 Å². The predicted molar refractivity (Wildman–Crippen MR) is 88.2 cm³/mol. The number of rotatable bonds is 3. The Balaban J connectivity index is 1.93. The number of ether oxygens (including phenoxy) is 1. The van der Waals surface area contributed by atoms with Gasteiger partial charge in [-0.05, 0) is 44.5 Å². The number of aromatic nitrogens is 1. The molecule has 0 saturated carbocycles. The molecule has 0 atom stereocenters. The summed E-state index contributed by atoms with van der Waals surface area (Å²) in [5.74, 6) is 0.389. The van der Waals surface area contributed by atoms with E-state index in [0.717, 1.165) is 17.0 Å². The molecule has 0 bridgehead atoms. The lowest BCUT2D eigenvalue weighted by Gasteiger charge is -2.29. The van der Waals surface area contributed by atoms with Gasteiger partial charge in [0.15, 0.2) is 12.4 Å². The molecule has 5 heteroatoms. The summed E-state index contributed by atoms with van der Waals surface area (Å²) in [6.07, 6.45) is 0. The molecule has 1 amide bonds. The van der Waals surface area contributed by atoms with Gasteiger partial charge >= 0.3 is 0 Å². The number of benzene rings is 1. The number of hydrogen-bond donors (Lipinski definition) is 0. The maximum absolute atomic E-state index is 12.7. The number of carbonyl (C=O) groups is 2. The van der Waals surface area contributed by atoms with E-state index in [1.807, 2.05) is 56.7 Å². The first-order chi connectivity index (χ1) is 10.9. The number of ketones is 1. The Morgan fingerprint density at radius 3 is 2.61 bits per heavy atom. The Bertz CT molecular complexity index is 805. The van der Waals surface area contributed by atoms with Crippen molar-refractivity contribution < 1.29 is 14.3 Å². The molecule has 1 aliphatic heterocycles. The maximum atomic E-state index is 12.7. The summed E-state index contributed by atoms with van der Waals surface area (Å²) >= 11 is 0. The van der Waals surface area contributed by atoms with Crippen molar-refractivity contribution in [3.8, 4) is 5.75 Å². The van der Waals surface area contributed by atoms with Crippen LogP contribution in [0.5, 0.6) is 5.75 Å². The number of hydrogen-bond acceptors (Lipinski definition) is 3. The zero-order chi connectivity index (χ0) is 16.7. The summed E-state index contributed by atoms with van der Waals surface area (Å²) in [4.78, 5) is 26.5. The van der Waals surface area contributed by atoms with Crippen molar-refractivity contribution in [2.45, 2.75) is 20.8 Å². The highest BCUT2D eigenvalue weighted by Gasteiger charge is 2.28. The van der Waals surface area contributed by atoms with Crippen LogP contribution in [0.2, 0.25) is 0 Å². The van der Waals surface area contributed by atoms with Crippen LogP contribution in [-0.2, 0) is 11.8 Å². The van der Waals surface area contributed by atoms with Gasteiger partial charge in [0.25, 0.3) is 5.91 Å². The minimum atomic E-state index is -0.193. The molecule has 23 heavy (non-hydrogen) atoms. The molecule has 0 aliphatic carbocycles. The second-order valence-electron chi connectivity index (χ2n) is 6.01. The van der Waals surface area contributed by atoms with E-state index in [-0.39, 0.29) is 24.8 Å². The van der Waals surface area contributed by atoms with Gasteiger partial charge in [0.1, 0.15) is 5.75 Å². The highest BCUT2D eigenvalue weighted by molar-refractivity contribution is 6.07. The molecule has 1 aromatic heterocycles. The quantitative estimate of drug-likeness (QED) is 0.819. The average Bonchev–Trinajstić information content (AvgIpc) is 2.78. The topological polar surface area (TPSA) is 51.5 Å². The van der Waals surface area contributed by atoms with Gasteiger partial charge in [-0.3, -0.25) is 14.5 Å². The molecule has 0 N–H and O–H groups in total. The number of anilines is 1. The molecular weight excluding hydrogens is 292 g/mol. The maximum Gasteiger partial charge on any atom is 0.265 e. The summed E-state index contributed by atoms with van der Waals surface area (Å²) in [5.41, 5.74) is 4.29. The molecule has 5 nitrogen and oxygen atoms in total. The van der Waals surface area contributed by atoms with Crippen LogP contribution in [-0.4, -0.2) is 29.4 Å². The van der Waals surface area contributed by atoms with Gasteiger partial charge in [-0.1, -0.05) is 6.07 Å². The average molecular weight is 312 g/mol. The van der Waals surface area contributed by atoms with Crippen molar-refractivity contribution in [1.82, 2.24) is 4.57 Å². The van der Waals surface area contributed by atoms with Crippen LogP contribution in [0.15, 0.2) is 24.3 Å². The van der Waals surface area contributed by atoms with E-state index in [2.05, 4.69) is 0 Å².